The number of aliphatic hydroxyl groups excluding tert-OH is 1. The Morgan fingerprint density at radius 1 is 1.07 bits per heavy atom. The molecule has 1 N–H and O–H groups in total. The van der Waals surface area contributed by atoms with Gasteiger partial charge in [-0.1, -0.05) is 57.5 Å². The van der Waals surface area contributed by atoms with Gasteiger partial charge in [0.15, 0.2) is 5.85 Å². The van der Waals surface area contributed by atoms with E-state index in [4.69, 9.17) is 4.52 Å². The first-order valence-corrected chi connectivity index (χ1v) is 11.8. The third-order valence-electron chi connectivity index (χ3n) is 5.86. The topological polar surface area (TPSA) is 46.5 Å². The van der Waals surface area contributed by atoms with E-state index < -0.39 is 19.0 Å². The van der Waals surface area contributed by atoms with Crippen molar-refractivity contribution in [2.75, 3.05) is 0 Å². The Labute approximate surface area is 167 Å². The molecule has 0 saturated heterocycles. The zero-order valence-corrected chi connectivity index (χ0v) is 17.7. The summed E-state index contributed by atoms with van der Waals surface area (Å²) >= 11 is 0. The molecular weight excluding hydrogens is 374 g/mol. The van der Waals surface area contributed by atoms with Gasteiger partial charge in [-0.2, -0.15) is 0 Å². The van der Waals surface area contributed by atoms with Crippen LogP contribution in [0.25, 0.3) is 0 Å². The van der Waals surface area contributed by atoms with Gasteiger partial charge in [-0.25, -0.2) is 4.39 Å². The molecule has 3 rings (SSSR count). The van der Waals surface area contributed by atoms with E-state index in [1.54, 1.807) is 24.3 Å². The molecule has 2 aromatic carbocycles. The van der Waals surface area contributed by atoms with E-state index in [0.717, 1.165) is 19.3 Å². The van der Waals surface area contributed by atoms with E-state index in [0.29, 0.717) is 28.6 Å². The maximum absolute atomic E-state index is 14.2. The fourth-order valence-electron chi connectivity index (χ4n) is 4.16. The summed E-state index contributed by atoms with van der Waals surface area (Å²) < 4.78 is 33.9. The minimum Gasteiger partial charge on any atom is -0.378 e. The van der Waals surface area contributed by atoms with Crippen molar-refractivity contribution in [3.05, 3.63) is 66.0 Å². The summed E-state index contributed by atoms with van der Waals surface area (Å²) in [5.74, 6) is -0.529. The Kier molecular flexibility index (Phi) is 6.75. The summed E-state index contributed by atoms with van der Waals surface area (Å²) in [4.78, 5) is 0. The van der Waals surface area contributed by atoms with Gasteiger partial charge in [0.25, 0.3) is 7.37 Å². The van der Waals surface area contributed by atoms with Crippen LogP contribution in [0.3, 0.4) is 0 Å². The van der Waals surface area contributed by atoms with Gasteiger partial charge in [0.2, 0.25) is 0 Å². The Bertz CT molecular complexity index is 806. The highest BCUT2D eigenvalue weighted by atomic mass is 31.2. The lowest BCUT2D eigenvalue weighted by Crippen LogP contribution is -2.35. The minimum atomic E-state index is -3.64. The molecule has 0 heterocycles. The molecule has 0 aromatic heterocycles. The molecule has 5 heteroatoms. The Morgan fingerprint density at radius 3 is 2.32 bits per heavy atom. The Hall–Kier alpha value is -1.48. The summed E-state index contributed by atoms with van der Waals surface area (Å²) in [5.41, 5.74) is 0.401. The summed E-state index contributed by atoms with van der Waals surface area (Å²) in [7, 11) is -3.64. The third kappa shape index (κ3) is 4.56. The van der Waals surface area contributed by atoms with Crippen LogP contribution < -0.4 is 5.30 Å². The predicted octanol–water partition coefficient (Wildman–Crippen LogP) is 5.90. The van der Waals surface area contributed by atoms with Crippen molar-refractivity contribution in [2.45, 2.75) is 52.0 Å². The molecule has 3 nitrogen and oxygen atoms in total. The molecule has 1 aliphatic carbocycles. The Balaban J connectivity index is 1.99. The normalized spacial score (nSPS) is 26.0. The van der Waals surface area contributed by atoms with Gasteiger partial charge in [-0.15, -0.1) is 0 Å². The summed E-state index contributed by atoms with van der Waals surface area (Å²) in [6.07, 6.45) is 2.82. The van der Waals surface area contributed by atoms with Gasteiger partial charge in [0.1, 0.15) is 5.82 Å². The summed E-state index contributed by atoms with van der Waals surface area (Å²) in [6.45, 7) is 6.53. The van der Waals surface area contributed by atoms with Gasteiger partial charge in [0, 0.05) is 5.30 Å². The molecule has 0 amide bonds. The SMILES string of the molecule is CC(C)[C@@H]1CC[C@H](C)C[C@H]1O[P@@](=O)(c1ccccc1)[C@H](O)c1ccc(F)cc1. The maximum Gasteiger partial charge on any atom is 0.264 e. The zero-order valence-electron chi connectivity index (χ0n) is 16.8. The van der Waals surface area contributed by atoms with Crippen LogP contribution in [0.2, 0.25) is 0 Å². The van der Waals surface area contributed by atoms with Crippen LogP contribution in [0.15, 0.2) is 54.6 Å². The van der Waals surface area contributed by atoms with Gasteiger partial charge in [0.05, 0.1) is 6.10 Å². The highest BCUT2D eigenvalue weighted by Crippen LogP contribution is 2.60. The maximum atomic E-state index is 14.2. The van der Waals surface area contributed by atoms with Gasteiger partial charge in [-0.3, -0.25) is 4.57 Å². The van der Waals surface area contributed by atoms with Crippen molar-refractivity contribution in [1.82, 2.24) is 0 Å². The van der Waals surface area contributed by atoms with E-state index in [2.05, 4.69) is 20.8 Å². The van der Waals surface area contributed by atoms with Crippen LogP contribution in [0.5, 0.6) is 0 Å². The first kappa shape index (κ1) is 21.2. The molecule has 1 fully saturated rings. The molecular formula is C23H30FO3P. The number of aliphatic hydroxyl groups is 1. The van der Waals surface area contributed by atoms with Gasteiger partial charge < -0.3 is 9.63 Å². The third-order valence-corrected chi connectivity index (χ3v) is 8.40. The fraction of sp³-hybridized carbons (Fsp3) is 0.478. The lowest BCUT2D eigenvalue weighted by Gasteiger charge is -2.39. The highest BCUT2D eigenvalue weighted by molar-refractivity contribution is 7.67. The van der Waals surface area contributed by atoms with Crippen LogP contribution in [-0.4, -0.2) is 11.2 Å². The number of hydrogen-bond donors (Lipinski definition) is 1. The van der Waals surface area contributed by atoms with Crippen LogP contribution in [0, 0.1) is 23.6 Å². The Morgan fingerprint density at radius 2 is 1.71 bits per heavy atom. The molecule has 28 heavy (non-hydrogen) atoms. The number of hydrogen-bond acceptors (Lipinski definition) is 3. The molecule has 0 bridgehead atoms. The first-order valence-electron chi connectivity index (χ1n) is 10.1. The van der Waals surface area contributed by atoms with Crippen molar-refractivity contribution in [2.24, 2.45) is 17.8 Å². The molecule has 0 aliphatic heterocycles. The van der Waals surface area contributed by atoms with Crippen LogP contribution >= 0.6 is 7.37 Å². The average molecular weight is 404 g/mol. The zero-order chi connectivity index (χ0) is 20.3. The van der Waals surface area contributed by atoms with E-state index in [-0.39, 0.29) is 6.10 Å². The van der Waals surface area contributed by atoms with Crippen LogP contribution in [0.4, 0.5) is 4.39 Å². The van der Waals surface area contributed by atoms with Crippen molar-refractivity contribution >= 4 is 12.7 Å². The van der Waals surface area contributed by atoms with E-state index in [1.807, 2.05) is 6.07 Å². The van der Waals surface area contributed by atoms with Crippen molar-refractivity contribution in [3.8, 4) is 0 Å². The van der Waals surface area contributed by atoms with Gasteiger partial charge in [-0.05, 0) is 60.4 Å². The van der Waals surface area contributed by atoms with Crippen LogP contribution in [0.1, 0.15) is 51.4 Å². The number of halogens is 1. The first-order chi connectivity index (χ1) is 13.3. The van der Waals surface area contributed by atoms with Crippen LogP contribution in [-0.2, 0) is 9.09 Å². The van der Waals surface area contributed by atoms with Gasteiger partial charge >= 0.3 is 0 Å². The summed E-state index contributed by atoms with van der Waals surface area (Å²) in [6, 6.07) is 14.4. The smallest absolute Gasteiger partial charge is 0.264 e. The van der Waals surface area contributed by atoms with Crippen molar-refractivity contribution in [1.29, 1.82) is 0 Å². The molecule has 5 atom stereocenters. The lowest BCUT2D eigenvalue weighted by molar-refractivity contribution is 0.0427. The quantitative estimate of drug-likeness (QED) is 0.610. The molecule has 152 valence electrons. The van der Waals surface area contributed by atoms with Crippen molar-refractivity contribution < 1.29 is 18.6 Å². The fourth-order valence-corrected chi connectivity index (χ4v) is 6.48. The average Bonchev–Trinajstić information content (AvgIpc) is 2.68. The standard InChI is InChI=1S/C23H30FO3P/c1-16(2)21-14-9-17(3)15-22(21)27-28(26,20-7-5-4-6-8-20)23(25)18-10-12-19(24)13-11-18/h4-8,10-13,16-17,21-23,25H,9,14-15H2,1-3H3/t17-,21-,22+,23-,28-/m0/s1. The molecule has 2 aromatic rings. The second-order valence-corrected chi connectivity index (χ2v) is 10.7. The summed E-state index contributed by atoms with van der Waals surface area (Å²) in [5, 5.41) is 11.6. The molecule has 1 aliphatic rings. The molecule has 1 saturated carbocycles. The predicted molar refractivity (Wildman–Crippen MR) is 111 cm³/mol. The van der Waals surface area contributed by atoms with E-state index in [1.165, 1.54) is 24.3 Å². The monoisotopic (exact) mass is 404 g/mol. The number of rotatable bonds is 6. The minimum absolute atomic E-state index is 0.176. The lowest BCUT2D eigenvalue weighted by atomic mass is 9.75. The largest absolute Gasteiger partial charge is 0.378 e. The highest BCUT2D eigenvalue weighted by Gasteiger charge is 2.42. The second-order valence-electron chi connectivity index (χ2n) is 8.33. The molecule has 0 radical (unpaired) electrons. The molecule has 0 spiro atoms. The van der Waals surface area contributed by atoms with Crippen molar-refractivity contribution in [3.63, 3.8) is 0 Å². The molecule has 0 unspecified atom stereocenters. The van der Waals surface area contributed by atoms with E-state index >= 15 is 0 Å². The second kappa shape index (κ2) is 8.90. The van der Waals surface area contributed by atoms with E-state index in [9.17, 15) is 14.1 Å². The number of benzene rings is 2.